The third kappa shape index (κ3) is 2.97. The van der Waals surface area contributed by atoms with Gasteiger partial charge in [-0.1, -0.05) is 13.3 Å². The second kappa shape index (κ2) is 5.49. The first kappa shape index (κ1) is 12.4. The van der Waals surface area contributed by atoms with Crippen LogP contribution in [-0.2, 0) is 0 Å². The van der Waals surface area contributed by atoms with Gasteiger partial charge < -0.3 is 10.2 Å². The van der Waals surface area contributed by atoms with Crippen molar-refractivity contribution in [1.82, 2.24) is 15.0 Å². The Kier molecular flexibility index (Phi) is 3.99. The Morgan fingerprint density at radius 3 is 2.59 bits per heavy atom. The molecule has 1 aliphatic heterocycles. The van der Waals surface area contributed by atoms with E-state index in [1.807, 2.05) is 0 Å². The van der Waals surface area contributed by atoms with Crippen molar-refractivity contribution in [3.05, 3.63) is 5.28 Å². The molecule has 0 aliphatic carbocycles. The van der Waals surface area contributed by atoms with E-state index in [1.54, 1.807) is 7.05 Å². The van der Waals surface area contributed by atoms with Crippen LogP contribution in [0.4, 0.5) is 11.9 Å². The maximum Gasteiger partial charge on any atom is 0.231 e. The number of nitrogens with zero attached hydrogens (tertiary/aromatic N) is 4. The van der Waals surface area contributed by atoms with Crippen molar-refractivity contribution < 1.29 is 0 Å². The van der Waals surface area contributed by atoms with Gasteiger partial charge in [0.1, 0.15) is 0 Å². The first-order chi connectivity index (χ1) is 8.22. The average molecular weight is 256 g/mol. The van der Waals surface area contributed by atoms with Crippen molar-refractivity contribution >= 4 is 23.5 Å². The fourth-order valence-corrected chi connectivity index (χ4v) is 2.29. The molecule has 1 aliphatic rings. The lowest BCUT2D eigenvalue weighted by Crippen LogP contribution is -2.34. The lowest BCUT2D eigenvalue weighted by Gasteiger charge is -2.31. The fraction of sp³-hybridized carbons (Fsp3) is 0.727. The van der Waals surface area contributed by atoms with Crippen molar-refractivity contribution in [1.29, 1.82) is 0 Å². The normalized spacial score (nSPS) is 17.2. The average Bonchev–Trinajstić information content (AvgIpc) is 2.38. The number of hydrogen-bond acceptors (Lipinski definition) is 5. The lowest BCUT2D eigenvalue weighted by molar-refractivity contribution is 0.392. The molecule has 2 heterocycles. The Hall–Kier alpha value is -1.10. The summed E-state index contributed by atoms with van der Waals surface area (Å²) in [5.74, 6) is 2.05. The van der Waals surface area contributed by atoms with Crippen LogP contribution in [0.2, 0.25) is 5.28 Å². The highest BCUT2D eigenvalue weighted by molar-refractivity contribution is 6.28. The van der Waals surface area contributed by atoms with Crippen LogP contribution >= 0.6 is 11.6 Å². The molecule has 0 bridgehead atoms. The van der Waals surface area contributed by atoms with Crippen LogP contribution < -0.4 is 10.2 Å². The summed E-state index contributed by atoms with van der Waals surface area (Å²) in [6.07, 6.45) is 3.66. The number of nitrogens with one attached hydrogen (secondary N) is 1. The summed E-state index contributed by atoms with van der Waals surface area (Å²) in [6.45, 7) is 4.25. The van der Waals surface area contributed by atoms with Crippen LogP contribution in [0.15, 0.2) is 0 Å². The molecule has 5 nitrogen and oxygen atoms in total. The molecule has 0 aromatic carbocycles. The maximum absolute atomic E-state index is 5.88. The molecule has 6 heteroatoms. The number of anilines is 2. The molecule has 1 fully saturated rings. The predicted molar refractivity (Wildman–Crippen MR) is 69.6 cm³/mol. The largest absolute Gasteiger partial charge is 0.357 e. The topological polar surface area (TPSA) is 53.9 Å². The molecule has 1 N–H and O–H groups in total. The van der Waals surface area contributed by atoms with Gasteiger partial charge in [-0.25, -0.2) is 0 Å². The van der Waals surface area contributed by atoms with Gasteiger partial charge in [-0.3, -0.25) is 0 Å². The fourth-order valence-electron chi connectivity index (χ4n) is 2.13. The van der Waals surface area contributed by atoms with E-state index in [0.29, 0.717) is 11.9 Å². The van der Waals surface area contributed by atoms with Crippen LogP contribution in [0, 0.1) is 5.92 Å². The molecular weight excluding hydrogens is 238 g/mol. The Labute approximate surface area is 107 Å². The van der Waals surface area contributed by atoms with Gasteiger partial charge in [0.15, 0.2) is 0 Å². The molecule has 0 atom stereocenters. The van der Waals surface area contributed by atoms with E-state index in [2.05, 4.69) is 32.1 Å². The highest BCUT2D eigenvalue weighted by Gasteiger charge is 2.20. The van der Waals surface area contributed by atoms with Gasteiger partial charge in [0.25, 0.3) is 0 Å². The molecule has 1 saturated heterocycles. The van der Waals surface area contributed by atoms with E-state index in [9.17, 15) is 0 Å². The summed E-state index contributed by atoms with van der Waals surface area (Å²) in [7, 11) is 1.78. The number of rotatable bonds is 3. The van der Waals surface area contributed by atoms with Crippen LogP contribution in [0.1, 0.15) is 26.2 Å². The van der Waals surface area contributed by atoms with E-state index < -0.39 is 0 Å². The highest BCUT2D eigenvalue weighted by atomic mass is 35.5. The first-order valence-corrected chi connectivity index (χ1v) is 6.45. The number of piperidine rings is 1. The van der Waals surface area contributed by atoms with Gasteiger partial charge >= 0.3 is 0 Å². The second-order valence-electron chi connectivity index (χ2n) is 4.32. The highest BCUT2D eigenvalue weighted by Crippen LogP contribution is 2.23. The molecule has 0 spiro atoms. The van der Waals surface area contributed by atoms with Crippen molar-refractivity contribution in [3.63, 3.8) is 0 Å². The lowest BCUT2D eigenvalue weighted by atomic mass is 9.95. The number of hydrogen-bond donors (Lipinski definition) is 1. The van der Waals surface area contributed by atoms with Crippen LogP contribution in [0.25, 0.3) is 0 Å². The molecule has 1 aromatic rings. The van der Waals surface area contributed by atoms with E-state index in [4.69, 9.17) is 11.6 Å². The van der Waals surface area contributed by atoms with Crippen molar-refractivity contribution in [2.45, 2.75) is 26.2 Å². The number of aromatic nitrogens is 3. The van der Waals surface area contributed by atoms with Crippen molar-refractivity contribution in [3.8, 4) is 0 Å². The van der Waals surface area contributed by atoms with Crippen LogP contribution in [0.5, 0.6) is 0 Å². The zero-order chi connectivity index (χ0) is 12.3. The molecule has 17 heavy (non-hydrogen) atoms. The third-order valence-corrected chi connectivity index (χ3v) is 3.46. The van der Waals surface area contributed by atoms with Gasteiger partial charge in [-0.2, -0.15) is 15.0 Å². The first-order valence-electron chi connectivity index (χ1n) is 6.07. The Balaban J connectivity index is 2.10. The summed E-state index contributed by atoms with van der Waals surface area (Å²) in [5.41, 5.74) is 0. The Morgan fingerprint density at radius 1 is 1.29 bits per heavy atom. The van der Waals surface area contributed by atoms with Crippen LogP contribution in [0.3, 0.4) is 0 Å². The SMILES string of the molecule is CCC1CCN(c2nc(Cl)nc(NC)n2)CC1. The number of halogens is 1. The predicted octanol–water partition coefficient (Wildman–Crippen LogP) is 2.19. The molecule has 1 aromatic heterocycles. The van der Waals surface area contributed by atoms with E-state index >= 15 is 0 Å². The molecular formula is C11H18ClN5. The van der Waals surface area contributed by atoms with Crippen LogP contribution in [-0.4, -0.2) is 35.1 Å². The van der Waals surface area contributed by atoms with Gasteiger partial charge in [0.2, 0.25) is 17.2 Å². The summed E-state index contributed by atoms with van der Waals surface area (Å²) < 4.78 is 0. The quantitative estimate of drug-likeness (QED) is 0.897. The zero-order valence-electron chi connectivity index (χ0n) is 10.3. The second-order valence-corrected chi connectivity index (χ2v) is 4.65. The zero-order valence-corrected chi connectivity index (χ0v) is 11.0. The monoisotopic (exact) mass is 255 g/mol. The van der Waals surface area contributed by atoms with E-state index in [0.717, 1.165) is 19.0 Å². The molecule has 0 unspecified atom stereocenters. The van der Waals surface area contributed by atoms with E-state index in [1.165, 1.54) is 19.3 Å². The van der Waals surface area contributed by atoms with Gasteiger partial charge in [0.05, 0.1) is 0 Å². The van der Waals surface area contributed by atoms with Crippen molar-refractivity contribution in [2.24, 2.45) is 5.92 Å². The summed E-state index contributed by atoms with van der Waals surface area (Å²) in [4.78, 5) is 14.7. The third-order valence-electron chi connectivity index (χ3n) is 3.29. The molecule has 0 saturated carbocycles. The standard InChI is InChI=1S/C11H18ClN5/c1-3-8-4-6-17(7-5-8)11-15-9(12)14-10(13-2)16-11/h8H,3-7H2,1-2H3,(H,13,14,15,16). The van der Waals surface area contributed by atoms with E-state index in [-0.39, 0.29) is 5.28 Å². The van der Waals surface area contributed by atoms with Crippen molar-refractivity contribution in [2.75, 3.05) is 30.4 Å². The minimum Gasteiger partial charge on any atom is -0.357 e. The maximum atomic E-state index is 5.88. The molecule has 0 amide bonds. The minimum atomic E-state index is 0.247. The Morgan fingerprint density at radius 2 is 2.00 bits per heavy atom. The Bertz CT molecular complexity index is 376. The van der Waals surface area contributed by atoms with Gasteiger partial charge in [0, 0.05) is 20.1 Å². The molecule has 0 radical (unpaired) electrons. The van der Waals surface area contributed by atoms with Gasteiger partial charge in [-0.05, 0) is 30.4 Å². The molecule has 2 rings (SSSR count). The van der Waals surface area contributed by atoms with Gasteiger partial charge in [-0.15, -0.1) is 0 Å². The minimum absolute atomic E-state index is 0.247. The summed E-state index contributed by atoms with van der Waals surface area (Å²) >= 11 is 5.88. The molecule has 94 valence electrons. The smallest absolute Gasteiger partial charge is 0.231 e. The summed E-state index contributed by atoms with van der Waals surface area (Å²) in [5, 5.41) is 3.14. The summed E-state index contributed by atoms with van der Waals surface area (Å²) in [6, 6.07) is 0.